The Labute approximate surface area is 114 Å². The smallest absolute Gasteiger partial charge is 0.0104 e. The predicted octanol–water partition coefficient (Wildman–Crippen LogP) is 3.28. The maximum absolute atomic E-state index is 3.55. The van der Waals surface area contributed by atoms with Crippen molar-refractivity contribution in [1.82, 2.24) is 10.2 Å². The molecule has 0 aromatic heterocycles. The fourth-order valence-electron chi connectivity index (χ4n) is 4.15. The molecule has 2 fully saturated rings. The molecule has 2 rings (SSSR count). The van der Waals surface area contributed by atoms with E-state index in [1.165, 1.54) is 64.6 Å². The van der Waals surface area contributed by atoms with Gasteiger partial charge in [-0.05, 0) is 57.0 Å². The largest absolute Gasteiger partial charge is 0.317 e. The topological polar surface area (TPSA) is 15.3 Å². The lowest BCUT2D eigenvalue weighted by molar-refractivity contribution is 0.173. The molecule has 1 aliphatic heterocycles. The molecular formula is C16H32N2. The molecule has 2 aliphatic rings. The van der Waals surface area contributed by atoms with Crippen molar-refractivity contribution in [1.29, 1.82) is 0 Å². The standard InChI is InChI=1S/C16H32N2/c1-4-16(5-2)10-11-18(13-16)12-14-8-6-7-9-15(14)17-3/h14-15,17H,4-13H2,1-3H3. The monoisotopic (exact) mass is 252 g/mol. The van der Waals surface area contributed by atoms with Gasteiger partial charge in [0.1, 0.15) is 0 Å². The van der Waals surface area contributed by atoms with Gasteiger partial charge in [0.2, 0.25) is 0 Å². The predicted molar refractivity (Wildman–Crippen MR) is 78.9 cm³/mol. The first-order valence-corrected chi connectivity index (χ1v) is 8.12. The number of nitrogens with one attached hydrogen (secondary N) is 1. The van der Waals surface area contributed by atoms with Crippen LogP contribution in [0.15, 0.2) is 0 Å². The van der Waals surface area contributed by atoms with E-state index >= 15 is 0 Å². The summed E-state index contributed by atoms with van der Waals surface area (Å²) in [6.45, 7) is 8.79. The minimum Gasteiger partial charge on any atom is -0.317 e. The van der Waals surface area contributed by atoms with Gasteiger partial charge in [0.05, 0.1) is 0 Å². The van der Waals surface area contributed by atoms with Crippen LogP contribution in [0.25, 0.3) is 0 Å². The molecule has 1 N–H and O–H groups in total. The summed E-state index contributed by atoms with van der Waals surface area (Å²) in [7, 11) is 2.15. The first kappa shape index (κ1) is 14.3. The molecule has 0 spiro atoms. The maximum atomic E-state index is 3.55. The molecule has 0 aromatic carbocycles. The zero-order chi connectivity index (χ0) is 13.0. The second-order valence-electron chi connectivity index (χ2n) is 6.63. The molecule has 106 valence electrons. The van der Waals surface area contributed by atoms with Crippen molar-refractivity contribution in [2.75, 3.05) is 26.7 Å². The third-order valence-corrected chi connectivity index (χ3v) is 5.79. The van der Waals surface area contributed by atoms with Gasteiger partial charge < -0.3 is 10.2 Å². The molecule has 2 heteroatoms. The lowest BCUT2D eigenvalue weighted by Gasteiger charge is -2.35. The Balaban J connectivity index is 1.86. The molecule has 1 heterocycles. The van der Waals surface area contributed by atoms with Crippen LogP contribution < -0.4 is 5.32 Å². The Kier molecular flexibility index (Phi) is 5.08. The lowest BCUT2D eigenvalue weighted by Crippen LogP contribution is -2.42. The Morgan fingerprint density at radius 3 is 2.50 bits per heavy atom. The van der Waals surface area contributed by atoms with Crippen LogP contribution in [-0.4, -0.2) is 37.6 Å². The Morgan fingerprint density at radius 1 is 1.17 bits per heavy atom. The number of nitrogens with zero attached hydrogens (tertiary/aromatic N) is 1. The van der Waals surface area contributed by atoms with Crippen molar-refractivity contribution in [2.24, 2.45) is 11.3 Å². The fourth-order valence-corrected chi connectivity index (χ4v) is 4.15. The Morgan fingerprint density at radius 2 is 1.89 bits per heavy atom. The SMILES string of the molecule is CCC1(CC)CCN(CC2CCCCC2NC)C1. The second kappa shape index (κ2) is 6.38. The highest BCUT2D eigenvalue weighted by Gasteiger charge is 2.36. The molecule has 0 bridgehead atoms. The molecule has 1 saturated carbocycles. The quantitative estimate of drug-likeness (QED) is 0.808. The Hall–Kier alpha value is -0.0800. The van der Waals surface area contributed by atoms with Crippen LogP contribution in [0.1, 0.15) is 58.8 Å². The summed E-state index contributed by atoms with van der Waals surface area (Å²) in [4.78, 5) is 2.76. The van der Waals surface area contributed by atoms with E-state index in [2.05, 4.69) is 31.1 Å². The fraction of sp³-hybridized carbons (Fsp3) is 1.00. The highest BCUT2D eigenvalue weighted by Crippen LogP contribution is 2.38. The molecule has 1 aliphatic carbocycles. The highest BCUT2D eigenvalue weighted by atomic mass is 15.2. The number of hydrogen-bond acceptors (Lipinski definition) is 2. The summed E-state index contributed by atoms with van der Waals surface area (Å²) in [6.07, 6.45) is 9.85. The van der Waals surface area contributed by atoms with Crippen molar-refractivity contribution < 1.29 is 0 Å². The zero-order valence-corrected chi connectivity index (χ0v) is 12.7. The summed E-state index contributed by atoms with van der Waals surface area (Å²) in [5.41, 5.74) is 0.643. The van der Waals surface area contributed by atoms with Crippen molar-refractivity contribution in [3.63, 3.8) is 0 Å². The van der Waals surface area contributed by atoms with E-state index < -0.39 is 0 Å². The normalized spacial score (nSPS) is 32.8. The molecule has 2 unspecified atom stereocenters. The van der Waals surface area contributed by atoms with Crippen molar-refractivity contribution in [2.45, 2.75) is 64.8 Å². The minimum atomic E-state index is 0.643. The van der Waals surface area contributed by atoms with Crippen molar-refractivity contribution >= 4 is 0 Å². The lowest BCUT2D eigenvalue weighted by atomic mass is 9.81. The second-order valence-corrected chi connectivity index (χ2v) is 6.63. The summed E-state index contributed by atoms with van der Waals surface area (Å²) < 4.78 is 0. The molecular weight excluding hydrogens is 220 g/mol. The third kappa shape index (κ3) is 3.08. The van der Waals surface area contributed by atoms with Gasteiger partial charge in [-0.25, -0.2) is 0 Å². The summed E-state index contributed by atoms with van der Waals surface area (Å²) >= 11 is 0. The maximum Gasteiger partial charge on any atom is 0.0104 e. The molecule has 2 nitrogen and oxygen atoms in total. The van der Waals surface area contributed by atoms with Gasteiger partial charge in [-0.15, -0.1) is 0 Å². The van der Waals surface area contributed by atoms with Gasteiger partial charge in [0.15, 0.2) is 0 Å². The van der Waals surface area contributed by atoms with E-state index in [0.29, 0.717) is 5.41 Å². The Bertz CT molecular complexity index is 247. The van der Waals surface area contributed by atoms with E-state index in [-0.39, 0.29) is 0 Å². The van der Waals surface area contributed by atoms with Gasteiger partial charge in [-0.3, -0.25) is 0 Å². The number of rotatable bonds is 5. The summed E-state index contributed by atoms with van der Waals surface area (Å²) in [6, 6.07) is 0.775. The van der Waals surface area contributed by atoms with E-state index in [4.69, 9.17) is 0 Å². The molecule has 0 aromatic rings. The number of hydrogen-bond donors (Lipinski definition) is 1. The van der Waals surface area contributed by atoms with E-state index in [1.54, 1.807) is 0 Å². The van der Waals surface area contributed by atoms with Crippen LogP contribution >= 0.6 is 0 Å². The number of likely N-dealkylation sites (tertiary alicyclic amines) is 1. The van der Waals surface area contributed by atoms with Crippen LogP contribution in [0, 0.1) is 11.3 Å². The average Bonchev–Trinajstić information content (AvgIpc) is 2.83. The van der Waals surface area contributed by atoms with Crippen LogP contribution in [0.2, 0.25) is 0 Å². The van der Waals surface area contributed by atoms with Crippen LogP contribution in [-0.2, 0) is 0 Å². The highest BCUT2D eigenvalue weighted by molar-refractivity contribution is 4.90. The van der Waals surface area contributed by atoms with Gasteiger partial charge in [-0.2, -0.15) is 0 Å². The minimum absolute atomic E-state index is 0.643. The van der Waals surface area contributed by atoms with Gasteiger partial charge >= 0.3 is 0 Å². The first-order chi connectivity index (χ1) is 8.73. The van der Waals surface area contributed by atoms with Gasteiger partial charge in [-0.1, -0.05) is 26.7 Å². The molecule has 0 radical (unpaired) electrons. The molecule has 18 heavy (non-hydrogen) atoms. The van der Waals surface area contributed by atoms with Crippen molar-refractivity contribution in [3.8, 4) is 0 Å². The van der Waals surface area contributed by atoms with Crippen LogP contribution in [0.5, 0.6) is 0 Å². The van der Waals surface area contributed by atoms with E-state index in [1.807, 2.05) is 0 Å². The molecule has 2 atom stereocenters. The van der Waals surface area contributed by atoms with Crippen LogP contribution in [0.4, 0.5) is 0 Å². The first-order valence-electron chi connectivity index (χ1n) is 8.12. The molecule has 1 saturated heterocycles. The van der Waals surface area contributed by atoms with E-state index in [9.17, 15) is 0 Å². The zero-order valence-electron chi connectivity index (χ0n) is 12.7. The van der Waals surface area contributed by atoms with Crippen molar-refractivity contribution in [3.05, 3.63) is 0 Å². The average molecular weight is 252 g/mol. The summed E-state index contributed by atoms with van der Waals surface area (Å²) in [5, 5.41) is 3.55. The van der Waals surface area contributed by atoms with Crippen LogP contribution in [0.3, 0.4) is 0 Å². The van der Waals surface area contributed by atoms with E-state index in [0.717, 1.165) is 12.0 Å². The summed E-state index contributed by atoms with van der Waals surface area (Å²) in [5.74, 6) is 0.897. The van der Waals surface area contributed by atoms with Gasteiger partial charge in [0.25, 0.3) is 0 Å². The third-order valence-electron chi connectivity index (χ3n) is 5.79. The van der Waals surface area contributed by atoms with Gasteiger partial charge in [0, 0.05) is 19.1 Å². The molecule has 0 amide bonds.